The summed E-state index contributed by atoms with van der Waals surface area (Å²) in [6, 6.07) is 11.1. The highest BCUT2D eigenvalue weighted by Gasteiger charge is 2.26. The van der Waals surface area contributed by atoms with E-state index in [4.69, 9.17) is 21.4 Å². The maximum atomic E-state index is 12.9. The van der Waals surface area contributed by atoms with Crippen LogP contribution in [0.1, 0.15) is 23.2 Å². The number of aromatic nitrogens is 1. The number of ether oxygens (including phenoxy) is 1. The Bertz CT molecular complexity index is 724. The van der Waals surface area contributed by atoms with E-state index in [-0.39, 0.29) is 18.6 Å². The normalized spacial score (nSPS) is 17.5. The van der Waals surface area contributed by atoms with Crippen LogP contribution in [-0.4, -0.2) is 53.3 Å². The van der Waals surface area contributed by atoms with Crippen LogP contribution in [0.2, 0.25) is 5.02 Å². The number of amides is 1. The number of rotatable bonds is 5. The Hall–Kier alpha value is -1.95. The largest absolute Gasteiger partial charge is 0.394 e. The summed E-state index contributed by atoms with van der Waals surface area (Å²) >= 11 is 6.29. The monoisotopic (exact) mass is 360 g/mol. The Balaban J connectivity index is 1.79. The highest BCUT2D eigenvalue weighted by Crippen LogP contribution is 2.26. The van der Waals surface area contributed by atoms with Crippen molar-refractivity contribution in [3.63, 3.8) is 0 Å². The molecule has 1 aromatic heterocycles. The molecule has 1 atom stereocenters. The van der Waals surface area contributed by atoms with Gasteiger partial charge in [-0.3, -0.25) is 9.78 Å². The van der Waals surface area contributed by atoms with Crippen molar-refractivity contribution >= 4 is 17.5 Å². The Labute approximate surface area is 152 Å². The highest BCUT2D eigenvalue weighted by atomic mass is 35.5. The van der Waals surface area contributed by atoms with Gasteiger partial charge < -0.3 is 14.7 Å². The first kappa shape index (κ1) is 17.9. The number of nitrogens with zero attached hydrogens (tertiary/aromatic N) is 2. The highest BCUT2D eigenvalue weighted by molar-refractivity contribution is 6.34. The molecule has 1 unspecified atom stereocenters. The maximum absolute atomic E-state index is 12.9. The summed E-state index contributed by atoms with van der Waals surface area (Å²) in [6.07, 6.45) is 3.45. The summed E-state index contributed by atoms with van der Waals surface area (Å²) in [5.74, 6) is -0.0971. The molecular weight excluding hydrogens is 340 g/mol. The van der Waals surface area contributed by atoms with Crippen LogP contribution in [0.15, 0.2) is 42.6 Å². The molecule has 3 rings (SSSR count). The van der Waals surface area contributed by atoms with E-state index in [1.807, 2.05) is 24.3 Å². The van der Waals surface area contributed by atoms with E-state index in [1.54, 1.807) is 23.2 Å². The number of carbonyl (C=O) groups is 1. The number of halogens is 1. The molecule has 1 amide bonds. The fourth-order valence-corrected chi connectivity index (χ4v) is 3.23. The molecule has 0 radical (unpaired) electrons. The van der Waals surface area contributed by atoms with Crippen molar-refractivity contribution in [1.82, 2.24) is 9.88 Å². The summed E-state index contributed by atoms with van der Waals surface area (Å²) in [4.78, 5) is 19.0. The Morgan fingerprint density at radius 2 is 2.24 bits per heavy atom. The molecule has 1 saturated heterocycles. The Kier molecular flexibility index (Phi) is 6.02. The second kappa shape index (κ2) is 8.43. The molecule has 1 aliphatic rings. The number of pyridine rings is 1. The lowest BCUT2D eigenvalue weighted by Gasteiger charge is -2.33. The lowest BCUT2D eigenvalue weighted by molar-refractivity contribution is -0.0110. The van der Waals surface area contributed by atoms with E-state index in [2.05, 4.69) is 4.98 Å². The van der Waals surface area contributed by atoms with Crippen molar-refractivity contribution < 1.29 is 14.6 Å². The molecule has 132 valence electrons. The van der Waals surface area contributed by atoms with Crippen LogP contribution in [0.25, 0.3) is 11.3 Å². The molecule has 0 saturated carbocycles. The number of carbonyl (C=O) groups excluding carboxylic acids is 1. The molecule has 1 fully saturated rings. The third kappa shape index (κ3) is 4.37. The summed E-state index contributed by atoms with van der Waals surface area (Å²) in [5.41, 5.74) is 2.14. The van der Waals surface area contributed by atoms with Gasteiger partial charge in [0.25, 0.3) is 5.91 Å². The van der Waals surface area contributed by atoms with Crippen LogP contribution < -0.4 is 0 Å². The van der Waals surface area contributed by atoms with Crippen molar-refractivity contribution in [2.45, 2.75) is 18.9 Å². The third-order valence-corrected chi connectivity index (χ3v) is 4.60. The molecule has 1 aromatic carbocycles. The van der Waals surface area contributed by atoms with Gasteiger partial charge in [0.15, 0.2) is 0 Å². The van der Waals surface area contributed by atoms with Gasteiger partial charge in [-0.05, 0) is 37.1 Å². The van der Waals surface area contributed by atoms with Gasteiger partial charge in [-0.25, -0.2) is 0 Å². The van der Waals surface area contributed by atoms with Gasteiger partial charge >= 0.3 is 0 Å². The SMILES string of the molecule is O=C(c1cc(-c2ccccn2)ccc1Cl)N1CCCC(OCCO)C1. The topological polar surface area (TPSA) is 62.7 Å². The Morgan fingerprint density at radius 3 is 3.00 bits per heavy atom. The van der Waals surface area contributed by atoms with Gasteiger partial charge in [0.2, 0.25) is 0 Å². The van der Waals surface area contributed by atoms with Gasteiger partial charge in [0, 0.05) is 24.8 Å². The van der Waals surface area contributed by atoms with Crippen LogP contribution in [0.3, 0.4) is 0 Å². The third-order valence-electron chi connectivity index (χ3n) is 4.27. The van der Waals surface area contributed by atoms with Gasteiger partial charge in [-0.1, -0.05) is 23.7 Å². The summed E-state index contributed by atoms with van der Waals surface area (Å²) < 4.78 is 5.58. The fraction of sp³-hybridized carbons (Fsp3) is 0.368. The summed E-state index contributed by atoms with van der Waals surface area (Å²) in [5, 5.41) is 9.33. The van der Waals surface area contributed by atoms with E-state index in [0.29, 0.717) is 30.3 Å². The first-order chi connectivity index (χ1) is 12.2. The van der Waals surface area contributed by atoms with E-state index < -0.39 is 0 Å². The van der Waals surface area contributed by atoms with E-state index in [1.165, 1.54) is 0 Å². The number of aliphatic hydroxyl groups is 1. The van der Waals surface area contributed by atoms with Crippen molar-refractivity contribution in [2.75, 3.05) is 26.3 Å². The lowest BCUT2D eigenvalue weighted by atomic mass is 10.0. The number of hydrogen-bond donors (Lipinski definition) is 1. The lowest BCUT2D eigenvalue weighted by Crippen LogP contribution is -2.43. The predicted molar refractivity (Wildman–Crippen MR) is 96.6 cm³/mol. The summed E-state index contributed by atoms with van der Waals surface area (Å²) in [7, 11) is 0. The van der Waals surface area contributed by atoms with Gasteiger partial charge in [-0.2, -0.15) is 0 Å². The quantitative estimate of drug-likeness (QED) is 0.890. The second-order valence-corrected chi connectivity index (χ2v) is 6.43. The molecule has 25 heavy (non-hydrogen) atoms. The van der Waals surface area contributed by atoms with Crippen molar-refractivity contribution in [2.24, 2.45) is 0 Å². The first-order valence-corrected chi connectivity index (χ1v) is 8.79. The minimum atomic E-state index is -0.0971. The zero-order valence-electron chi connectivity index (χ0n) is 13.9. The van der Waals surface area contributed by atoms with Crippen LogP contribution >= 0.6 is 11.6 Å². The van der Waals surface area contributed by atoms with Crippen LogP contribution in [0.5, 0.6) is 0 Å². The number of benzene rings is 1. The van der Waals surface area contributed by atoms with E-state index in [9.17, 15) is 4.79 Å². The van der Waals surface area contributed by atoms with Gasteiger partial charge in [0.05, 0.1) is 35.6 Å². The average molecular weight is 361 g/mol. The van der Waals surface area contributed by atoms with Crippen molar-refractivity contribution in [3.8, 4) is 11.3 Å². The second-order valence-electron chi connectivity index (χ2n) is 6.02. The molecule has 1 N–H and O–H groups in total. The fourth-order valence-electron chi connectivity index (χ4n) is 3.03. The van der Waals surface area contributed by atoms with Crippen LogP contribution in [0.4, 0.5) is 0 Å². The minimum Gasteiger partial charge on any atom is -0.394 e. The average Bonchev–Trinajstić information content (AvgIpc) is 2.67. The predicted octanol–water partition coefficient (Wildman–Crippen LogP) is 3.02. The molecule has 5 nitrogen and oxygen atoms in total. The number of hydrogen-bond acceptors (Lipinski definition) is 4. The van der Waals surface area contributed by atoms with E-state index >= 15 is 0 Å². The first-order valence-electron chi connectivity index (χ1n) is 8.41. The number of piperidine rings is 1. The molecule has 0 aliphatic carbocycles. The van der Waals surface area contributed by atoms with Gasteiger partial charge in [0.1, 0.15) is 0 Å². The van der Waals surface area contributed by atoms with Gasteiger partial charge in [-0.15, -0.1) is 0 Å². The zero-order chi connectivity index (χ0) is 17.6. The molecular formula is C19H21ClN2O3. The van der Waals surface area contributed by atoms with Crippen molar-refractivity contribution in [3.05, 3.63) is 53.2 Å². The smallest absolute Gasteiger partial charge is 0.255 e. The number of likely N-dealkylation sites (tertiary alicyclic amines) is 1. The minimum absolute atomic E-state index is 0.0115. The molecule has 2 heterocycles. The standard InChI is InChI=1S/C19H21ClN2O3/c20-17-7-6-14(18-5-1-2-8-21-18)12-16(17)19(24)22-9-3-4-15(13-22)25-11-10-23/h1-2,5-8,12,15,23H,3-4,9-11,13H2. The maximum Gasteiger partial charge on any atom is 0.255 e. The molecule has 0 spiro atoms. The summed E-state index contributed by atoms with van der Waals surface area (Å²) in [6.45, 7) is 1.48. The molecule has 2 aromatic rings. The molecule has 1 aliphatic heterocycles. The Morgan fingerprint density at radius 1 is 1.36 bits per heavy atom. The van der Waals surface area contributed by atoms with Crippen LogP contribution in [0, 0.1) is 0 Å². The molecule has 0 bridgehead atoms. The van der Waals surface area contributed by atoms with Crippen molar-refractivity contribution in [1.29, 1.82) is 0 Å². The zero-order valence-corrected chi connectivity index (χ0v) is 14.7. The van der Waals surface area contributed by atoms with E-state index in [0.717, 1.165) is 24.1 Å². The van der Waals surface area contributed by atoms with Crippen LogP contribution in [-0.2, 0) is 4.74 Å². The number of aliphatic hydroxyl groups excluding tert-OH is 1. The molecule has 6 heteroatoms.